The number of carbonyl (C=O) groups is 1. The molecule has 0 radical (unpaired) electrons. The van der Waals surface area contributed by atoms with Gasteiger partial charge in [0.2, 0.25) is 0 Å². The second-order valence-electron chi connectivity index (χ2n) is 4.89. The lowest BCUT2D eigenvalue weighted by atomic mass is 10.1. The number of nitrogens with one attached hydrogen (secondary N) is 1. The molecule has 0 saturated carbocycles. The molecule has 8 heteroatoms. The molecule has 3 aromatic rings. The average Bonchev–Trinajstić information content (AvgIpc) is 2.55. The molecule has 120 valence electrons. The third kappa shape index (κ3) is 3.11. The van der Waals surface area contributed by atoms with E-state index >= 15 is 0 Å². The lowest BCUT2D eigenvalue weighted by Gasteiger charge is -2.05. The molecule has 2 aromatic carbocycles. The number of amides is 1. The number of nitro groups is 1. The van der Waals surface area contributed by atoms with Crippen LogP contribution in [0.3, 0.4) is 0 Å². The number of fused-ring (bicyclic) bond motifs is 1. The van der Waals surface area contributed by atoms with E-state index in [1.807, 2.05) is 0 Å². The maximum atomic E-state index is 12.2. The number of nitro benzene ring substituents is 1. The molecule has 0 unspecified atom stereocenters. The molecule has 1 heterocycles. The van der Waals surface area contributed by atoms with Gasteiger partial charge in [-0.2, -0.15) is 0 Å². The van der Waals surface area contributed by atoms with Gasteiger partial charge in [-0.3, -0.25) is 14.9 Å². The van der Waals surface area contributed by atoms with Crippen LogP contribution in [-0.4, -0.2) is 10.8 Å². The van der Waals surface area contributed by atoms with Crippen LogP contribution in [0.25, 0.3) is 11.0 Å². The van der Waals surface area contributed by atoms with Gasteiger partial charge in [0.25, 0.3) is 11.6 Å². The average molecular weight is 345 g/mol. The summed E-state index contributed by atoms with van der Waals surface area (Å²) < 4.78 is 5.05. The van der Waals surface area contributed by atoms with Crippen LogP contribution in [-0.2, 0) is 0 Å². The Kier molecular flexibility index (Phi) is 4.01. The minimum absolute atomic E-state index is 0.161. The Morgan fingerprint density at radius 2 is 1.83 bits per heavy atom. The minimum atomic E-state index is -0.831. The number of hydrogen-bond donors (Lipinski definition) is 1. The lowest BCUT2D eigenvalue weighted by molar-refractivity contribution is -0.384. The normalized spacial score (nSPS) is 10.5. The number of rotatable bonds is 3. The van der Waals surface area contributed by atoms with E-state index in [4.69, 9.17) is 16.0 Å². The van der Waals surface area contributed by atoms with Crippen LogP contribution in [0.5, 0.6) is 0 Å². The van der Waals surface area contributed by atoms with Gasteiger partial charge in [0.1, 0.15) is 11.1 Å². The van der Waals surface area contributed by atoms with Crippen LogP contribution >= 0.6 is 11.6 Å². The Hall–Kier alpha value is -3.19. The minimum Gasteiger partial charge on any atom is -0.422 e. The molecule has 0 bridgehead atoms. The topological polar surface area (TPSA) is 102 Å². The van der Waals surface area contributed by atoms with Crippen LogP contribution in [0, 0.1) is 10.1 Å². The molecule has 3 rings (SSSR count). The number of carbonyl (C=O) groups excluding carboxylic acids is 1. The van der Waals surface area contributed by atoms with E-state index in [0.717, 1.165) is 0 Å². The second kappa shape index (κ2) is 6.13. The maximum absolute atomic E-state index is 12.2. The van der Waals surface area contributed by atoms with Crippen molar-refractivity contribution >= 4 is 39.9 Å². The fourth-order valence-corrected chi connectivity index (χ4v) is 2.24. The Labute approximate surface area is 139 Å². The summed E-state index contributed by atoms with van der Waals surface area (Å²) in [7, 11) is 0. The molecule has 7 nitrogen and oxygen atoms in total. The monoisotopic (exact) mass is 344 g/mol. The van der Waals surface area contributed by atoms with Gasteiger partial charge in [0, 0.05) is 28.2 Å². The van der Waals surface area contributed by atoms with Crippen LogP contribution < -0.4 is 10.9 Å². The molecule has 24 heavy (non-hydrogen) atoms. The zero-order valence-electron chi connectivity index (χ0n) is 12.0. The van der Waals surface area contributed by atoms with Gasteiger partial charge >= 0.3 is 5.63 Å². The highest BCUT2D eigenvalue weighted by atomic mass is 35.5. The fourth-order valence-electron chi connectivity index (χ4n) is 2.11. The van der Waals surface area contributed by atoms with E-state index in [-0.39, 0.29) is 22.2 Å². The van der Waals surface area contributed by atoms with Crippen molar-refractivity contribution in [2.75, 3.05) is 5.32 Å². The van der Waals surface area contributed by atoms with E-state index in [2.05, 4.69) is 5.32 Å². The van der Waals surface area contributed by atoms with E-state index in [1.165, 1.54) is 24.3 Å². The van der Waals surface area contributed by atoms with Gasteiger partial charge in [-0.25, -0.2) is 4.79 Å². The summed E-state index contributed by atoms with van der Waals surface area (Å²) in [5, 5.41) is 14.1. The van der Waals surface area contributed by atoms with Crippen molar-refractivity contribution in [1.82, 2.24) is 0 Å². The quantitative estimate of drug-likeness (QED) is 0.444. The summed E-state index contributed by atoms with van der Waals surface area (Å²) in [6, 6.07) is 11.4. The van der Waals surface area contributed by atoms with Crippen molar-refractivity contribution in [1.29, 1.82) is 0 Å². The zero-order valence-corrected chi connectivity index (χ0v) is 12.7. The molecular weight excluding hydrogens is 336 g/mol. The Balaban J connectivity index is 1.99. The number of benzene rings is 2. The molecule has 0 aliphatic carbocycles. The second-order valence-corrected chi connectivity index (χ2v) is 5.32. The highest BCUT2D eigenvalue weighted by molar-refractivity contribution is 6.30. The predicted octanol–water partition coefficient (Wildman–Crippen LogP) is 3.61. The number of non-ortho nitro benzene ring substituents is 1. The molecule has 1 amide bonds. The first kappa shape index (κ1) is 15.7. The maximum Gasteiger partial charge on any atom is 0.349 e. The van der Waals surface area contributed by atoms with Crippen LogP contribution in [0.15, 0.2) is 57.7 Å². The molecule has 0 saturated heterocycles. The molecule has 0 fully saturated rings. The molecule has 0 atom stereocenters. The summed E-state index contributed by atoms with van der Waals surface area (Å²) in [4.78, 5) is 34.5. The third-order valence-electron chi connectivity index (χ3n) is 3.27. The first-order chi connectivity index (χ1) is 11.4. The smallest absolute Gasteiger partial charge is 0.349 e. The standard InChI is InChI=1S/C16H9ClN2O5/c17-10-1-3-11(4-2-10)18-15(20)13-8-9-7-12(19(22)23)5-6-14(9)24-16(13)21/h1-8H,(H,18,20). The van der Waals surface area contributed by atoms with Crippen molar-refractivity contribution in [3.05, 3.63) is 79.7 Å². The van der Waals surface area contributed by atoms with Crippen molar-refractivity contribution in [3.63, 3.8) is 0 Å². The van der Waals surface area contributed by atoms with Crippen molar-refractivity contribution in [3.8, 4) is 0 Å². The zero-order chi connectivity index (χ0) is 17.3. The van der Waals surface area contributed by atoms with E-state index in [1.54, 1.807) is 24.3 Å². The summed E-state index contributed by atoms with van der Waals surface area (Å²) in [6.07, 6.45) is 0. The number of anilines is 1. The highest BCUT2D eigenvalue weighted by Crippen LogP contribution is 2.21. The number of halogens is 1. The molecular formula is C16H9ClN2O5. The fraction of sp³-hybridized carbons (Fsp3) is 0. The van der Waals surface area contributed by atoms with E-state index in [0.29, 0.717) is 10.7 Å². The third-order valence-corrected chi connectivity index (χ3v) is 3.53. The van der Waals surface area contributed by atoms with Gasteiger partial charge in [-0.15, -0.1) is 0 Å². The van der Waals surface area contributed by atoms with Gasteiger partial charge in [0.05, 0.1) is 4.92 Å². The number of hydrogen-bond acceptors (Lipinski definition) is 5. The van der Waals surface area contributed by atoms with Crippen molar-refractivity contribution in [2.24, 2.45) is 0 Å². The summed E-state index contributed by atoms with van der Waals surface area (Å²) in [5.74, 6) is -0.681. The van der Waals surface area contributed by atoms with Gasteiger partial charge in [-0.1, -0.05) is 11.6 Å². The lowest BCUT2D eigenvalue weighted by Crippen LogP contribution is -2.20. The Morgan fingerprint density at radius 3 is 2.50 bits per heavy atom. The van der Waals surface area contributed by atoms with E-state index < -0.39 is 16.5 Å². The van der Waals surface area contributed by atoms with Crippen LogP contribution in [0.2, 0.25) is 5.02 Å². The molecule has 0 aliphatic heterocycles. The van der Waals surface area contributed by atoms with Crippen LogP contribution in [0.1, 0.15) is 10.4 Å². The summed E-state index contributed by atoms with van der Waals surface area (Å²) in [5.41, 5.74) is -0.641. The van der Waals surface area contributed by atoms with Gasteiger partial charge in [0.15, 0.2) is 0 Å². The molecule has 1 N–H and O–H groups in total. The summed E-state index contributed by atoms with van der Waals surface area (Å²) in [6.45, 7) is 0. The van der Waals surface area contributed by atoms with Crippen molar-refractivity contribution < 1.29 is 14.1 Å². The summed E-state index contributed by atoms with van der Waals surface area (Å²) >= 11 is 5.76. The molecule has 0 spiro atoms. The molecule has 0 aliphatic rings. The SMILES string of the molecule is O=C(Nc1ccc(Cl)cc1)c1cc2cc([N+](=O)[O-])ccc2oc1=O. The number of nitrogens with zero attached hydrogens (tertiary/aromatic N) is 1. The first-order valence-corrected chi connectivity index (χ1v) is 7.11. The van der Waals surface area contributed by atoms with Gasteiger partial charge < -0.3 is 9.73 Å². The Morgan fingerprint density at radius 1 is 1.12 bits per heavy atom. The Bertz CT molecular complexity index is 1010. The first-order valence-electron chi connectivity index (χ1n) is 6.73. The predicted molar refractivity (Wildman–Crippen MR) is 88.5 cm³/mol. The largest absolute Gasteiger partial charge is 0.422 e. The van der Waals surface area contributed by atoms with Crippen molar-refractivity contribution in [2.45, 2.75) is 0 Å². The van der Waals surface area contributed by atoms with E-state index in [9.17, 15) is 19.7 Å². The van der Waals surface area contributed by atoms with Gasteiger partial charge in [-0.05, 0) is 36.4 Å². The highest BCUT2D eigenvalue weighted by Gasteiger charge is 2.16. The van der Waals surface area contributed by atoms with Crippen LogP contribution in [0.4, 0.5) is 11.4 Å². The molecule has 1 aromatic heterocycles.